The number of benzene rings is 1. The van der Waals surface area contributed by atoms with Gasteiger partial charge < -0.3 is 16.0 Å². The Balaban J connectivity index is 1.90. The molecule has 2 atom stereocenters. The molecule has 0 saturated carbocycles. The molecule has 0 aromatic heterocycles. The lowest BCUT2D eigenvalue weighted by Gasteiger charge is -2.21. The van der Waals surface area contributed by atoms with Crippen molar-refractivity contribution in [1.82, 2.24) is 10.2 Å². The van der Waals surface area contributed by atoms with Gasteiger partial charge in [-0.05, 0) is 38.0 Å². The fourth-order valence-corrected chi connectivity index (χ4v) is 2.95. The Labute approximate surface area is 146 Å². The zero-order chi connectivity index (χ0) is 18.6. The van der Waals surface area contributed by atoms with Crippen molar-refractivity contribution in [2.24, 2.45) is 17.6 Å². The van der Waals surface area contributed by atoms with Crippen LogP contribution in [-0.4, -0.2) is 41.8 Å². The summed E-state index contributed by atoms with van der Waals surface area (Å²) in [6.45, 7) is 4.30. The monoisotopic (exact) mass is 349 g/mol. The summed E-state index contributed by atoms with van der Waals surface area (Å²) in [7, 11) is 0. The van der Waals surface area contributed by atoms with Crippen molar-refractivity contribution < 1.29 is 18.8 Å². The minimum absolute atomic E-state index is 0.0343. The summed E-state index contributed by atoms with van der Waals surface area (Å²) in [5, 5.41) is 2.72. The highest BCUT2D eigenvalue weighted by Gasteiger charge is 2.35. The molecule has 1 aliphatic rings. The molecular formula is C18H24FN3O3. The predicted octanol–water partition coefficient (Wildman–Crippen LogP) is 0.843. The van der Waals surface area contributed by atoms with E-state index >= 15 is 0 Å². The van der Waals surface area contributed by atoms with E-state index in [4.69, 9.17) is 5.73 Å². The molecule has 136 valence electrons. The number of rotatable bonds is 7. The Kier molecular flexibility index (Phi) is 6.12. The Morgan fingerprint density at radius 2 is 1.96 bits per heavy atom. The van der Waals surface area contributed by atoms with Crippen molar-refractivity contribution in [1.29, 1.82) is 0 Å². The Hall–Kier alpha value is -2.44. The maximum absolute atomic E-state index is 12.9. The number of halogens is 1. The third kappa shape index (κ3) is 5.01. The van der Waals surface area contributed by atoms with E-state index in [0.29, 0.717) is 13.0 Å². The second kappa shape index (κ2) is 8.09. The molecule has 1 aromatic rings. The van der Waals surface area contributed by atoms with E-state index in [1.54, 1.807) is 17.0 Å². The quantitative estimate of drug-likeness (QED) is 0.764. The van der Waals surface area contributed by atoms with Crippen LogP contribution in [0.1, 0.15) is 25.8 Å². The molecule has 1 aromatic carbocycles. The van der Waals surface area contributed by atoms with E-state index in [9.17, 15) is 18.8 Å². The highest BCUT2D eigenvalue weighted by atomic mass is 19.1. The average Bonchev–Trinajstić information content (AvgIpc) is 2.95. The molecule has 1 fully saturated rings. The molecule has 0 unspecified atom stereocenters. The number of nitrogens with two attached hydrogens (primary N) is 1. The van der Waals surface area contributed by atoms with Crippen LogP contribution in [-0.2, 0) is 20.8 Å². The number of carbonyl (C=O) groups excluding carboxylic acids is 3. The molecule has 7 heteroatoms. The van der Waals surface area contributed by atoms with Crippen LogP contribution >= 0.6 is 0 Å². The summed E-state index contributed by atoms with van der Waals surface area (Å²) in [5.74, 6) is -2.17. The van der Waals surface area contributed by atoms with E-state index in [1.165, 1.54) is 12.1 Å². The lowest BCUT2D eigenvalue weighted by molar-refractivity contribution is -0.130. The number of amides is 3. The van der Waals surface area contributed by atoms with Crippen molar-refractivity contribution >= 4 is 17.7 Å². The number of hydrogen-bond donors (Lipinski definition) is 2. The van der Waals surface area contributed by atoms with Crippen molar-refractivity contribution in [3.8, 4) is 0 Å². The molecule has 0 radical (unpaired) electrons. The van der Waals surface area contributed by atoms with Crippen LogP contribution in [0.3, 0.4) is 0 Å². The van der Waals surface area contributed by atoms with Crippen LogP contribution in [0.15, 0.2) is 24.3 Å². The Morgan fingerprint density at radius 1 is 1.32 bits per heavy atom. The van der Waals surface area contributed by atoms with Crippen LogP contribution in [0, 0.1) is 17.7 Å². The molecule has 6 nitrogen and oxygen atoms in total. The first kappa shape index (κ1) is 18.9. The minimum Gasteiger partial charge on any atom is -0.369 e. The van der Waals surface area contributed by atoms with E-state index < -0.39 is 17.7 Å². The topological polar surface area (TPSA) is 92.5 Å². The Bertz CT molecular complexity index is 645. The average molecular weight is 349 g/mol. The molecular weight excluding hydrogens is 325 g/mol. The number of primary amides is 1. The first-order chi connectivity index (χ1) is 11.8. The van der Waals surface area contributed by atoms with E-state index in [1.807, 2.05) is 13.8 Å². The van der Waals surface area contributed by atoms with Crippen LogP contribution in [0.25, 0.3) is 0 Å². The molecule has 1 heterocycles. The molecule has 1 aliphatic heterocycles. The van der Waals surface area contributed by atoms with Crippen molar-refractivity contribution in [2.75, 3.05) is 13.1 Å². The minimum atomic E-state index is -0.590. The van der Waals surface area contributed by atoms with Gasteiger partial charge >= 0.3 is 0 Å². The predicted molar refractivity (Wildman–Crippen MR) is 90.8 cm³/mol. The van der Waals surface area contributed by atoms with Crippen LogP contribution < -0.4 is 11.1 Å². The summed E-state index contributed by atoms with van der Waals surface area (Å²) in [4.78, 5) is 37.5. The summed E-state index contributed by atoms with van der Waals surface area (Å²) in [6.07, 6.45) is 0.501. The molecule has 0 aliphatic carbocycles. The zero-order valence-electron chi connectivity index (χ0n) is 14.5. The standard InChI is InChI=1S/C18H24FN3O3/c1-11(2)22-10-14(8-16(22)23)18(25)21-9-13(17(20)24)7-12-3-5-15(19)6-4-12/h3-6,11,13-14H,7-10H2,1-2H3,(H2,20,24)(H,21,25)/t13-,14-/m1/s1. The SMILES string of the molecule is CC(C)N1C[C@H](C(=O)NC[C@@H](Cc2ccc(F)cc2)C(N)=O)CC1=O. The fourth-order valence-electron chi connectivity index (χ4n) is 2.95. The molecule has 25 heavy (non-hydrogen) atoms. The number of hydrogen-bond acceptors (Lipinski definition) is 3. The first-order valence-corrected chi connectivity index (χ1v) is 8.39. The van der Waals surface area contributed by atoms with Gasteiger partial charge in [0.15, 0.2) is 0 Å². The normalized spacial score (nSPS) is 18.5. The molecule has 3 amide bonds. The van der Waals surface area contributed by atoms with Gasteiger partial charge in [0.05, 0.1) is 11.8 Å². The molecule has 3 N–H and O–H groups in total. The van der Waals surface area contributed by atoms with Gasteiger partial charge in [-0.2, -0.15) is 0 Å². The largest absolute Gasteiger partial charge is 0.369 e. The lowest BCUT2D eigenvalue weighted by Crippen LogP contribution is -2.40. The van der Waals surface area contributed by atoms with Gasteiger partial charge in [-0.15, -0.1) is 0 Å². The van der Waals surface area contributed by atoms with Gasteiger partial charge in [-0.1, -0.05) is 12.1 Å². The molecule has 2 rings (SSSR count). The van der Waals surface area contributed by atoms with E-state index in [2.05, 4.69) is 5.32 Å². The molecule has 1 saturated heterocycles. The van der Waals surface area contributed by atoms with Gasteiger partial charge in [-0.25, -0.2) is 4.39 Å². The highest BCUT2D eigenvalue weighted by Crippen LogP contribution is 2.20. The van der Waals surface area contributed by atoms with Crippen molar-refractivity contribution in [2.45, 2.75) is 32.7 Å². The zero-order valence-corrected chi connectivity index (χ0v) is 14.5. The second-order valence-electron chi connectivity index (χ2n) is 6.72. The summed E-state index contributed by atoms with van der Waals surface area (Å²) < 4.78 is 12.9. The maximum atomic E-state index is 12.9. The summed E-state index contributed by atoms with van der Waals surface area (Å²) >= 11 is 0. The summed E-state index contributed by atoms with van der Waals surface area (Å²) in [6, 6.07) is 5.86. The fraction of sp³-hybridized carbons (Fsp3) is 0.500. The second-order valence-corrected chi connectivity index (χ2v) is 6.72. The molecule has 0 spiro atoms. The van der Waals surface area contributed by atoms with Crippen molar-refractivity contribution in [3.05, 3.63) is 35.6 Å². The van der Waals surface area contributed by atoms with E-state index in [0.717, 1.165) is 5.56 Å². The smallest absolute Gasteiger partial charge is 0.225 e. The number of nitrogens with zero attached hydrogens (tertiary/aromatic N) is 1. The van der Waals surface area contributed by atoms with Gasteiger partial charge in [0, 0.05) is 25.6 Å². The number of likely N-dealkylation sites (tertiary alicyclic amines) is 1. The Morgan fingerprint density at radius 3 is 2.48 bits per heavy atom. The summed E-state index contributed by atoms with van der Waals surface area (Å²) in [5.41, 5.74) is 6.18. The van der Waals surface area contributed by atoms with Gasteiger partial charge in [0.25, 0.3) is 0 Å². The van der Waals surface area contributed by atoms with Gasteiger partial charge in [-0.3, -0.25) is 14.4 Å². The van der Waals surface area contributed by atoms with E-state index in [-0.39, 0.29) is 36.6 Å². The lowest BCUT2D eigenvalue weighted by atomic mass is 9.98. The van der Waals surface area contributed by atoms with Crippen LogP contribution in [0.2, 0.25) is 0 Å². The highest BCUT2D eigenvalue weighted by molar-refractivity contribution is 5.89. The van der Waals surface area contributed by atoms with Gasteiger partial charge in [0.1, 0.15) is 5.82 Å². The third-order valence-electron chi connectivity index (χ3n) is 4.47. The maximum Gasteiger partial charge on any atom is 0.225 e. The molecule has 0 bridgehead atoms. The van der Waals surface area contributed by atoms with Gasteiger partial charge in [0.2, 0.25) is 17.7 Å². The van der Waals surface area contributed by atoms with Crippen LogP contribution in [0.4, 0.5) is 4.39 Å². The number of nitrogens with one attached hydrogen (secondary N) is 1. The first-order valence-electron chi connectivity index (χ1n) is 8.39. The van der Waals surface area contributed by atoms with Crippen molar-refractivity contribution in [3.63, 3.8) is 0 Å². The van der Waals surface area contributed by atoms with Crippen LogP contribution in [0.5, 0.6) is 0 Å². The number of carbonyl (C=O) groups is 3. The third-order valence-corrected chi connectivity index (χ3v) is 4.47.